The van der Waals surface area contributed by atoms with E-state index >= 15 is 0 Å². The Morgan fingerprint density at radius 2 is 2.21 bits per heavy atom. The standard InChI is InChI=1S/C16H21NO2/c1-3-8-16(2)11-17-10-15(19-16)14-9-12-6-4-5-7-13(12)18-14/h4-7,9,15,17H,3,8,10-11H2,1-2H3. The number of para-hydroxylation sites is 1. The van der Waals surface area contributed by atoms with E-state index in [2.05, 4.69) is 31.3 Å². The summed E-state index contributed by atoms with van der Waals surface area (Å²) in [5.74, 6) is 0.927. The van der Waals surface area contributed by atoms with Crippen LogP contribution < -0.4 is 5.32 Å². The summed E-state index contributed by atoms with van der Waals surface area (Å²) in [4.78, 5) is 0. The van der Waals surface area contributed by atoms with Gasteiger partial charge in [-0.1, -0.05) is 31.5 Å². The van der Waals surface area contributed by atoms with Gasteiger partial charge in [0.15, 0.2) is 0 Å². The molecule has 102 valence electrons. The lowest BCUT2D eigenvalue weighted by Gasteiger charge is -2.38. The number of nitrogens with one attached hydrogen (secondary N) is 1. The summed E-state index contributed by atoms with van der Waals surface area (Å²) in [7, 11) is 0. The summed E-state index contributed by atoms with van der Waals surface area (Å²) in [6.45, 7) is 6.11. The molecule has 1 N–H and O–H groups in total. The van der Waals surface area contributed by atoms with Crippen LogP contribution >= 0.6 is 0 Å². The van der Waals surface area contributed by atoms with Gasteiger partial charge in [-0.25, -0.2) is 0 Å². The van der Waals surface area contributed by atoms with Gasteiger partial charge in [-0.2, -0.15) is 0 Å². The Bertz CT molecular complexity index is 526. The van der Waals surface area contributed by atoms with Crippen LogP contribution in [0.3, 0.4) is 0 Å². The van der Waals surface area contributed by atoms with Crippen LogP contribution in [0.2, 0.25) is 0 Å². The van der Waals surface area contributed by atoms with Crippen molar-refractivity contribution in [1.82, 2.24) is 5.32 Å². The molecule has 1 aliphatic heterocycles. The van der Waals surface area contributed by atoms with E-state index in [9.17, 15) is 0 Å². The highest BCUT2D eigenvalue weighted by Gasteiger charge is 2.34. The second kappa shape index (κ2) is 4.99. The fourth-order valence-corrected chi connectivity index (χ4v) is 2.89. The van der Waals surface area contributed by atoms with Gasteiger partial charge >= 0.3 is 0 Å². The minimum absolute atomic E-state index is 0.0118. The topological polar surface area (TPSA) is 34.4 Å². The summed E-state index contributed by atoms with van der Waals surface area (Å²) in [5, 5.41) is 4.61. The fraction of sp³-hybridized carbons (Fsp3) is 0.500. The summed E-state index contributed by atoms with van der Waals surface area (Å²) < 4.78 is 12.2. The predicted octanol–water partition coefficient (Wildman–Crippen LogP) is 3.65. The lowest BCUT2D eigenvalue weighted by atomic mass is 9.97. The highest BCUT2D eigenvalue weighted by Crippen LogP contribution is 2.32. The predicted molar refractivity (Wildman–Crippen MR) is 76.2 cm³/mol. The number of hydrogen-bond acceptors (Lipinski definition) is 3. The number of ether oxygens (including phenoxy) is 1. The van der Waals surface area contributed by atoms with Crippen molar-refractivity contribution in [3.8, 4) is 0 Å². The van der Waals surface area contributed by atoms with Gasteiger partial charge in [0.2, 0.25) is 0 Å². The minimum atomic E-state index is -0.0867. The largest absolute Gasteiger partial charge is 0.458 e. The molecule has 2 heterocycles. The van der Waals surface area contributed by atoms with Crippen LogP contribution in [0.4, 0.5) is 0 Å². The SMILES string of the molecule is CCCC1(C)CNCC(c2cc3ccccc3o2)O1. The molecule has 3 rings (SSSR count). The average Bonchev–Trinajstić information content (AvgIpc) is 2.82. The number of rotatable bonds is 3. The van der Waals surface area contributed by atoms with Gasteiger partial charge in [0.25, 0.3) is 0 Å². The Morgan fingerprint density at radius 1 is 1.37 bits per heavy atom. The molecule has 1 aromatic carbocycles. The smallest absolute Gasteiger partial charge is 0.135 e. The molecule has 1 fully saturated rings. The van der Waals surface area contributed by atoms with Crippen LogP contribution in [0.25, 0.3) is 11.0 Å². The number of morpholine rings is 1. The number of furan rings is 1. The van der Waals surface area contributed by atoms with Gasteiger partial charge < -0.3 is 14.5 Å². The van der Waals surface area contributed by atoms with Crippen LogP contribution in [-0.2, 0) is 4.74 Å². The van der Waals surface area contributed by atoms with Crippen molar-refractivity contribution in [2.45, 2.75) is 38.4 Å². The molecule has 2 atom stereocenters. The number of fused-ring (bicyclic) bond motifs is 1. The first-order valence-electron chi connectivity index (χ1n) is 7.07. The van der Waals surface area contributed by atoms with Crippen molar-refractivity contribution in [3.63, 3.8) is 0 Å². The summed E-state index contributed by atoms with van der Waals surface area (Å²) in [5.41, 5.74) is 0.847. The van der Waals surface area contributed by atoms with Crippen molar-refractivity contribution < 1.29 is 9.15 Å². The molecule has 1 aliphatic rings. The van der Waals surface area contributed by atoms with Crippen molar-refractivity contribution in [2.24, 2.45) is 0 Å². The third-order valence-corrected chi connectivity index (χ3v) is 3.80. The molecule has 0 aliphatic carbocycles. The maximum Gasteiger partial charge on any atom is 0.135 e. The Balaban J connectivity index is 1.85. The Hall–Kier alpha value is -1.32. The zero-order valence-electron chi connectivity index (χ0n) is 11.6. The zero-order valence-corrected chi connectivity index (χ0v) is 11.6. The highest BCUT2D eigenvalue weighted by atomic mass is 16.5. The lowest BCUT2D eigenvalue weighted by molar-refractivity contribution is -0.118. The van der Waals surface area contributed by atoms with E-state index < -0.39 is 0 Å². The zero-order chi connectivity index (χ0) is 13.3. The molecule has 19 heavy (non-hydrogen) atoms. The summed E-state index contributed by atoms with van der Waals surface area (Å²) in [6, 6.07) is 10.2. The molecule has 0 bridgehead atoms. The van der Waals surface area contributed by atoms with Gasteiger partial charge in [0, 0.05) is 18.5 Å². The molecule has 2 aromatic rings. The first-order chi connectivity index (χ1) is 9.20. The van der Waals surface area contributed by atoms with Crippen molar-refractivity contribution in [1.29, 1.82) is 0 Å². The van der Waals surface area contributed by atoms with Crippen LogP contribution in [0.5, 0.6) is 0 Å². The van der Waals surface area contributed by atoms with E-state index in [4.69, 9.17) is 9.15 Å². The summed E-state index contributed by atoms with van der Waals surface area (Å²) in [6.07, 6.45) is 2.21. The number of hydrogen-bond donors (Lipinski definition) is 1. The van der Waals surface area contributed by atoms with Gasteiger partial charge in [-0.3, -0.25) is 0 Å². The van der Waals surface area contributed by atoms with E-state index in [0.717, 1.165) is 42.7 Å². The van der Waals surface area contributed by atoms with Crippen LogP contribution in [0.1, 0.15) is 38.6 Å². The maximum atomic E-state index is 6.27. The van der Waals surface area contributed by atoms with E-state index in [1.807, 2.05) is 18.2 Å². The maximum absolute atomic E-state index is 6.27. The molecule has 2 unspecified atom stereocenters. The van der Waals surface area contributed by atoms with Crippen LogP contribution in [-0.4, -0.2) is 18.7 Å². The van der Waals surface area contributed by atoms with Crippen molar-refractivity contribution >= 4 is 11.0 Å². The van der Waals surface area contributed by atoms with Crippen LogP contribution in [0, 0.1) is 0 Å². The normalized spacial score (nSPS) is 27.8. The van der Waals surface area contributed by atoms with E-state index in [0.29, 0.717) is 0 Å². The minimum Gasteiger partial charge on any atom is -0.458 e. The third kappa shape index (κ3) is 2.53. The van der Waals surface area contributed by atoms with Gasteiger partial charge in [0.1, 0.15) is 17.4 Å². The van der Waals surface area contributed by atoms with Gasteiger partial charge in [-0.05, 0) is 25.5 Å². The second-order valence-corrected chi connectivity index (χ2v) is 5.62. The molecule has 1 aromatic heterocycles. The molecular formula is C16H21NO2. The monoisotopic (exact) mass is 259 g/mol. The summed E-state index contributed by atoms with van der Waals surface area (Å²) >= 11 is 0. The Morgan fingerprint density at radius 3 is 3.00 bits per heavy atom. The fourth-order valence-electron chi connectivity index (χ4n) is 2.89. The van der Waals surface area contributed by atoms with Gasteiger partial charge in [-0.15, -0.1) is 0 Å². The average molecular weight is 259 g/mol. The van der Waals surface area contributed by atoms with Crippen molar-refractivity contribution in [3.05, 3.63) is 36.1 Å². The lowest BCUT2D eigenvalue weighted by Crippen LogP contribution is -2.48. The van der Waals surface area contributed by atoms with Crippen molar-refractivity contribution in [2.75, 3.05) is 13.1 Å². The molecule has 0 saturated carbocycles. The highest BCUT2D eigenvalue weighted by molar-refractivity contribution is 5.77. The Kier molecular flexibility index (Phi) is 3.33. The Labute approximate surface area is 113 Å². The third-order valence-electron chi connectivity index (χ3n) is 3.80. The number of benzene rings is 1. The molecular weight excluding hydrogens is 238 g/mol. The first-order valence-corrected chi connectivity index (χ1v) is 7.07. The molecule has 0 amide bonds. The molecule has 3 heteroatoms. The quantitative estimate of drug-likeness (QED) is 0.913. The van der Waals surface area contributed by atoms with Gasteiger partial charge in [0.05, 0.1) is 5.60 Å². The second-order valence-electron chi connectivity index (χ2n) is 5.62. The molecule has 0 spiro atoms. The molecule has 0 radical (unpaired) electrons. The van der Waals surface area contributed by atoms with E-state index in [1.54, 1.807) is 0 Å². The molecule has 3 nitrogen and oxygen atoms in total. The van der Waals surface area contributed by atoms with Crippen LogP contribution in [0.15, 0.2) is 34.7 Å². The van der Waals surface area contributed by atoms with E-state index in [1.165, 1.54) is 0 Å². The first kappa shape index (κ1) is 12.7. The van der Waals surface area contributed by atoms with E-state index in [-0.39, 0.29) is 11.7 Å². The molecule has 1 saturated heterocycles.